The fraction of sp³-hybridized carbons (Fsp3) is 0.125. The van der Waals surface area contributed by atoms with Crippen LogP contribution in [0.5, 0.6) is 5.75 Å². The molecule has 0 amide bonds. The van der Waals surface area contributed by atoms with Crippen molar-refractivity contribution in [1.29, 1.82) is 0 Å². The van der Waals surface area contributed by atoms with E-state index in [1.165, 1.54) is 18.2 Å². The Hall–Kier alpha value is -1.31. The van der Waals surface area contributed by atoms with Crippen LogP contribution in [0, 0.1) is 0 Å². The monoisotopic (exact) mass is 265 g/mol. The zero-order valence-corrected chi connectivity index (χ0v) is 9.71. The van der Waals surface area contributed by atoms with Gasteiger partial charge in [0.1, 0.15) is 5.56 Å². The second-order valence-corrected chi connectivity index (χ2v) is 4.30. The lowest BCUT2D eigenvalue weighted by atomic mass is 10.2. The van der Waals surface area contributed by atoms with Gasteiger partial charge in [-0.3, -0.25) is 0 Å². The minimum atomic E-state index is -4.21. The summed E-state index contributed by atoms with van der Waals surface area (Å²) in [6.45, 7) is 0. The van der Waals surface area contributed by atoms with Crippen LogP contribution in [-0.4, -0.2) is 21.5 Å². The van der Waals surface area contributed by atoms with Gasteiger partial charge >= 0.3 is 16.3 Å². The molecule has 0 aliphatic rings. The summed E-state index contributed by atoms with van der Waals surface area (Å²) in [6.07, 6.45) is 0. The molecule has 0 unspecified atom stereocenters. The van der Waals surface area contributed by atoms with Gasteiger partial charge in [0.15, 0.2) is 5.75 Å². The van der Waals surface area contributed by atoms with Gasteiger partial charge in [0.2, 0.25) is 0 Å². The number of hydrogen-bond acceptors (Lipinski definition) is 5. The third-order valence-electron chi connectivity index (χ3n) is 1.55. The van der Waals surface area contributed by atoms with E-state index in [1.54, 1.807) is 0 Å². The first kappa shape index (κ1) is 12.8. The van der Waals surface area contributed by atoms with Crippen LogP contribution in [-0.2, 0) is 15.0 Å². The van der Waals surface area contributed by atoms with Crippen molar-refractivity contribution in [3.63, 3.8) is 0 Å². The minimum Gasteiger partial charge on any atom is -0.465 e. The van der Waals surface area contributed by atoms with Crippen LogP contribution in [0.4, 0.5) is 0 Å². The fourth-order valence-electron chi connectivity index (χ4n) is 0.969. The molecule has 8 heteroatoms. The molecule has 0 atom stereocenters. The third-order valence-corrected chi connectivity index (χ3v) is 2.20. The Morgan fingerprint density at radius 1 is 1.44 bits per heavy atom. The van der Waals surface area contributed by atoms with E-state index in [-0.39, 0.29) is 16.3 Å². The van der Waals surface area contributed by atoms with Crippen molar-refractivity contribution < 1.29 is 22.1 Å². The summed E-state index contributed by atoms with van der Waals surface area (Å²) in [5.74, 6) is -1.01. The summed E-state index contributed by atoms with van der Waals surface area (Å²) in [7, 11) is -3.06. The predicted octanol–water partition coefficient (Wildman–Crippen LogP) is 0.709. The zero-order valence-electron chi connectivity index (χ0n) is 8.14. The van der Waals surface area contributed by atoms with Crippen LogP contribution >= 0.6 is 11.6 Å². The first-order valence-electron chi connectivity index (χ1n) is 3.93. The van der Waals surface area contributed by atoms with Crippen molar-refractivity contribution in [3.8, 4) is 5.75 Å². The van der Waals surface area contributed by atoms with Crippen molar-refractivity contribution in [2.45, 2.75) is 0 Å². The van der Waals surface area contributed by atoms with Crippen molar-refractivity contribution >= 4 is 27.9 Å². The van der Waals surface area contributed by atoms with E-state index in [2.05, 4.69) is 14.1 Å². The van der Waals surface area contributed by atoms with Gasteiger partial charge in [-0.2, -0.15) is 13.6 Å². The second-order valence-electron chi connectivity index (χ2n) is 2.71. The zero-order chi connectivity index (χ0) is 12.3. The van der Waals surface area contributed by atoms with E-state index in [0.29, 0.717) is 0 Å². The lowest BCUT2D eigenvalue weighted by Crippen LogP contribution is -2.20. The molecule has 0 bridgehead atoms. The molecule has 0 saturated heterocycles. The van der Waals surface area contributed by atoms with Crippen LogP contribution in [0.25, 0.3) is 0 Å². The average Bonchev–Trinajstić information content (AvgIpc) is 2.17. The number of benzene rings is 1. The average molecular weight is 266 g/mol. The van der Waals surface area contributed by atoms with Crippen molar-refractivity contribution in [3.05, 3.63) is 28.8 Å². The summed E-state index contributed by atoms with van der Waals surface area (Å²) in [5, 5.41) is 4.92. The third kappa shape index (κ3) is 3.37. The molecule has 0 saturated carbocycles. The Bertz CT molecular complexity index is 513. The Morgan fingerprint density at radius 2 is 2.06 bits per heavy atom. The standard InChI is InChI=1S/C8H8ClNO5S/c1-14-8(11)6-4-5(9)2-3-7(6)15-16(10,12)13/h2-4H,1H3,(H2,10,12,13). The number of esters is 1. The largest absolute Gasteiger partial charge is 0.465 e. The van der Waals surface area contributed by atoms with Crippen LogP contribution < -0.4 is 9.32 Å². The molecule has 0 aliphatic carbocycles. The molecule has 2 N–H and O–H groups in total. The maximum absolute atomic E-state index is 11.3. The van der Waals surface area contributed by atoms with Gasteiger partial charge < -0.3 is 8.92 Å². The van der Waals surface area contributed by atoms with E-state index in [9.17, 15) is 13.2 Å². The Labute approximate surface area is 97.2 Å². The molecule has 1 aromatic carbocycles. The summed E-state index contributed by atoms with van der Waals surface area (Å²) in [4.78, 5) is 11.3. The van der Waals surface area contributed by atoms with Crippen LogP contribution in [0.1, 0.15) is 10.4 Å². The number of ether oxygens (including phenoxy) is 1. The van der Waals surface area contributed by atoms with E-state index in [1.807, 2.05) is 0 Å². The number of hydrogen-bond donors (Lipinski definition) is 1. The summed E-state index contributed by atoms with van der Waals surface area (Å²) >= 11 is 5.65. The lowest BCUT2D eigenvalue weighted by molar-refractivity contribution is 0.0599. The summed E-state index contributed by atoms with van der Waals surface area (Å²) in [5.41, 5.74) is -0.121. The molecule has 1 rings (SSSR count). The molecule has 1 aromatic rings. The molecule has 16 heavy (non-hydrogen) atoms. The van der Waals surface area contributed by atoms with Crippen LogP contribution in [0.15, 0.2) is 18.2 Å². The van der Waals surface area contributed by atoms with Gasteiger partial charge in [-0.05, 0) is 18.2 Å². The van der Waals surface area contributed by atoms with Gasteiger partial charge in [-0.1, -0.05) is 11.6 Å². The molecule has 0 spiro atoms. The number of halogens is 1. The van der Waals surface area contributed by atoms with E-state index in [4.69, 9.17) is 11.6 Å². The molecule has 0 heterocycles. The molecule has 0 radical (unpaired) electrons. The lowest BCUT2D eigenvalue weighted by Gasteiger charge is -2.07. The van der Waals surface area contributed by atoms with E-state index in [0.717, 1.165) is 7.11 Å². The first-order valence-corrected chi connectivity index (χ1v) is 5.78. The molecule has 0 aromatic heterocycles. The Kier molecular flexibility index (Phi) is 3.74. The highest BCUT2D eigenvalue weighted by Crippen LogP contribution is 2.24. The van der Waals surface area contributed by atoms with Crippen molar-refractivity contribution in [2.75, 3.05) is 7.11 Å². The highest BCUT2D eigenvalue weighted by atomic mass is 35.5. The van der Waals surface area contributed by atoms with E-state index >= 15 is 0 Å². The van der Waals surface area contributed by atoms with Gasteiger partial charge in [-0.25, -0.2) is 4.79 Å². The smallest absolute Gasteiger partial charge is 0.380 e. The predicted molar refractivity (Wildman–Crippen MR) is 56.5 cm³/mol. The number of carbonyl (C=O) groups excluding carboxylic acids is 1. The number of nitrogens with two attached hydrogens (primary N) is 1. The molecular formula is C8H8ClNO5S. The Balaban J connectivity index is 3.23. The molecule has 0 fully saturated rings. The molecule has 6 nitrogen and oxygen atoms in total. The maximum Gasteiger partial charge on any atom is 0.380 e. The quantitative estimate of drug-likeness (QED) is 0.812. The fourth-order valence-corrected chi connectivity index (χ4v) is 1.54. The van der Waals surface area contributed by atoms with Gasteiger partial charge in [0.25, 0.3) is 0 Å². The second kappa shape index (κ2) is 4.69. The van der Waals surface area contributed by atoms with Gasteiger partial charge in [-0.15, -0.1) is 0 Å². The van der Waals surface area contributed by atoms with E-state index < -0.39 is 16.3 Å². The molecule has 88 valence electrons. The van der Waals surface area contributed by atoms with Crippen LogP contribution in [0.3, 0.4) is 0 Å². The molecule has 0 aliphatic heterocycles. The summed E-state index contributed by atoms with van der Waals surface area (Å²) < 4.78 is 30.3. The molecular weight excluding hydrogens is 258 g/mol. The first-order chi connectivity index (χ1) is 7.33. The van der Waals surface area contributed by atoms with Crippen molar-refractivity contribution in [2.24, 2.45) is 5.14 Å². The van der Waals surface area contributed by atoms with Gasteiger partial charge in [0.05, 0.1) is 7.11 Å². The van der Waals surface area contributed by atoms with Crippen LogP contribution in [0.2, 0.25) is 5.02 Å². The Morgan fingerprint density at radius 3 is 2.56 bits per heavy atom. The highest BCUT2D eigenvalue weighted by molar-refractivity contribution is 7.84. The van der Waals surface area contributed by atoms with Crippen molar-refractivity contribution in [1.82, 2.24) is 0 Å². The number of rotatable bonds is 3. The van der Waals surface area contributed by atoms with Gasteiger partial charge in [0, 0.05) is 5.02 Å². The number of carbonyl (C=O) groups is 1. The summed E-state index contributed by atoms with van der Waals surface area (Å²) in [6, 6.07) is 3.78. The number of methoxy groups -OCH3 is 1. The SMILES string of the molecule is COC(=O)c1cc(Cl)ccc1OS(N)(=O)=O. The normalized spacial score (nSPS) is 10.9. The topological polar surface area (TPSA) is 95.7 Å². The minimum absolute atomic E-state index is 0.121. The maximum atomic E-state index is 11.3. The highest BCUT2D eigenvalue weighted by Gasteiger charge is 2.17.